The Hall–Kier alpha value is -3.61. The number of benzene rings is 2. The van der Waals surface area contributed by atoms with Crippen LogP contribution in [0.3, 0.4) is 0 Å². The highest BCUT2D eigenvalue weighted by Crippen LogP contribution is 2.29. The molecule has 1 atom stereocenters. The van der Waals surface area contributed by atoms with Gasteiger partial charge in [0.05, 0.1) is 12.8 Å². The number of Topliss-reactive ketones (excluding diaryl/α,β-unsaturated/α-hetero) is 1. The Morgan fingerprint density at radius 2 is 1.83 bits per heavy atom. The first kappa shape index (κ1) is 20.1. The Balaban J connectivity index is 1.75. The third kappa shape index (κ3) is 4.13. The van der Waals surface area contributed by atoms with Gasteiger partial charge in [0.15, 0.2) is 11.9 Å². The largest absolute Gasteiger partial charge is 0.497 e. The maximum Gasteiger partial charge on any atom is 0.375 e. The fourth-order valence-electron chi connectivity index (χ4n) is 2.92. The molecule has 0 saturated carbocycles. The summed E-state index contributed by atoms with van der Waals surface area (Å²) in [7, 11) is 1.55. The minimum atomic E-state index is -1.09. The molecule has 29 heavy (non-hydrogen) atoms. The zero-order valence-electron chi connectivity index (χ0n) is 16.6. The smallest absolute Gasteiger partial charge is 0.375 e. The molecule has 0 aliphatic heterocycles. The van der Waals surface area contributed by atoms with E-state index >= 15 is 0 Å². The molecule has 0 radical (unpaired) electrons. The van der Waals surface area contributed by atoms with Gasteiger partial charge in [0.25, 0.3) is 5.91 Å². The van der Waals surface area contributed by atoms with Gasteiger partial charge in [0.1, 0.15) is 11.3 Å². The van der Waals surface area contributed by atoms with Crippen LogP contribution >= 0.6 is 0 Å². The van der Waals surface area contributed by atoms with Gasteiger partial charge in [-0.25, -0.2) is 4.79 Å². The number of furan rings is 1. The van der Waals surface area contributed by atoms with Crippen molar-refractivity contribution in [3.05, 3.63) is 59.4 Å². The number of ether oxygens (including phenoxy) is 2. The minimum Gasteiger partial charge on any atom is -0.497 e. The van der Waals surface area contributed by atoms with Crippen molar-refractivity contribution in [1.29, 1.82) is 0 Å². The van der Waals surface area contributed by atoms with E-state index in [0.717, 1.165) is 5.39 Å². The van der Waals surface area contributed by atoms with Gasteiger partial charge in [-0.2, -0.15) is 0 Å². The molecule has 7 nitrogen and oxygen atoms in total. The molecular weight excluding hydrogens is 374 g/mol. The normalized spacial score (nSPS) is 11.7. The van der Waals surface area contributed by atoms with Gasteiger partial charge in [-0.3, -0.25) is 9.59 Å². The Morgan fingerprint density at radius 1 is 1.10 bits per heavy atom. The summed E-state index contributed by atoms with van der Waals surface area (Å²) in [6.45, 7) is 4.59. The zero-order chi connectivity index (χ0) is 21.1. The molecule has 1 amide bonds. The lowest BCUT2D eigenvalue weighted by molar-refractivity contribution is -0.123. The third-order valence-electron chi connectivity index (χ3n) is 4.55. The van der Waals surface area contributed by atoms with Crippen molar-refractivity contribution in [1.82, 2.24) is 0 Å². The SMILES string of the molecule is COc1ccc2oc(C(=O)O[C@H](C)C(=O)Nc3ccccc3C(C)=O)c(C)c2c1. The number of amides is 1. The summed E-state index contributed by atoms with van der Waals surface area (Å²) in [5, 5.41) is 3.35. The van der Waals surface area contributed by atoms with E-state index in [9.17, 15) is 14.4 Å². The average molecular weight is 395 g/mol. The highest BCUT2D eigenvalue weighted by molar-refractivity contribution is 6.05. The van der Waals surface area contributed by atoms with Crippen LogP contribution in [0.2, 0.25) is 0 Å². The average Bonchev–Trinajstić information content (AvgIpc) is 3.04. The van der Waals surface area contributed by atoms with Gasteiger partial charge in [-0.1, -0.05) is 12.1 Å². The summed E-state index contributed by atoms with van der Waals surface area (Å²) in [6, 6.07) is 11.8. The number of fused-ring (bicyclic) bond motifs is 1. The molecule has 0 aliphatic carbocycles. The second-order valence-corrected chi connectivity index (χ2v) is 6.56. The predicted molar refractivity (Wildman–Crippen MR) is 107 cm³/mol. The molecule has 1 heterocycles. The monoisotopic (exact) mass is 395 g/mol. The van der Waals surface area contributed by atoms with Crippen molar-refractivity contribution in [2.24, 2.45) is 0 Å². The topological polar surface area (TPSA) is 94.8 Å². The van der Waals surface area contributed by atoms with Crippen LogP contribution in [0.15, 0.2) is 46.9 Å². The number of methoxy groups -OCH3 is 1. The number of nitrogens with one attached hydrogen (secondary N) is 1. The summed E-state index contributed by atoms with van der Waals surface area (Å²) >= 11 is 0. The Labute approximate surface area is 167 Å². The first-order valence-electron chi connectivity index (χ1n) is 9.00. The van der Waals surface area contributed by atoms with Crippen LogP contribution in [0.4, 0.5) is 5.69 Å². The quantitative estimate of drug-likeness (QED) is 0.498. The molecule has 1 aromatic heterocycles. The standard InChI is InChI=1S/C22H21NO6/c1-12-17-11-15(27-4)9-10-19(17)29-20(12)22(26)28-14(3)21(25)23-18-8-6-5-7-16(18)13(2)24/h5-11,14H,1-4H3,(H,23,25)/t14-/m1/s1. The molecular formula is C22H21NO6. The van der Waals surface area contributed by atoms with Crippen molar-refractivity contribution in [2.45, 2.75) is 26.9 Å². The molecule has 7 heteroatoms. The molecule has 0 fully saturated rings. The number of hydrogen-bond acceptors (Lipinski definition) is 6. The van der Waals surface area contributed by atoms with E-state index in [0.29, 0.717) is 28.1 Å². The van der Waals surface area contributed by atoms with Crippen molar-refractivity contribution in [2.75, 3.05) is 12.4 Å². The molecule has 150 valence electrons. The van der Waals surface area contributed by atoms with Crippen LogP contribution in [0, 0.1) is 6.92 Å². The van der Waals surface area contributed by atoms with Gasteiger partial charge >= 0.3 is 5.97 Å². The number of carbonyl (C=O) groups is 3. The maximum absolute atomic E-state index is 12.6. The van der Waals surface area contributed by atoms with Crippen molar-refractivity contribution in [3.63, 3.8) is 0 Å². The Bertz CT molecular complexity index is 1100. The second kappa shape index (κ2) is 8.18. The molecule has 3 rings (SSSR count). The Morgan fingerprint density at radius 3 is 2.52 bits per heavy atom. The van der Waals surface area contributed by atoms with Gasteiger partial charge in [0.2, 0.25) is 5.76 Å². The predicted octanol–water partition coefficient (Wildman–Crippen LogP) is 4.14. The summed E-state index contributed by atoms with van der Waals surface area (Å²) in [4.78, 5) is 36.7. The van der Waals surface area contributed by atoms with Crippen molar-refractivity contribution >= 4 is 34.3 Å². The highest BCUT2D eigenvalue weighted by atomic mass is 16.6. The molecule has 3 aromatic rings. The number of ketones is 1. The lowest BCUT2D eigenvalue weighted by Gasteiger charge is -2.14. The number of para-hydroxylation sites is 1. The van der Waals surface area contributed by atoms with Gasteiger partial charge in [-0.05, 0) is 51.1 Å². The number of carbonyl (C=O) groups excluding carboxylic acids is 3. The number of aryl methyl sites for hydroxylation is 1. The van der Waals surface area contributed by atoms with Crippen LogP contribution in [0.1, 0.15) is 40.3 Å². The number of hydrogen-bond donors (Lipinski definition) is 1. The van der Waals surface area contributed by atoms with Gasteiger partial charge in [-0.15, -0.1) is 0 Å². The molecule has 1 N–H and O–H groups in total. The number of esters is 1. The molecule has 0 aliphatic rings. The van der Waals surface area contributed by atoms with E-state index in [-0.39, 0.29) is 11.5 Å². The first-order valence-corrected chi connectivity index (χ1v) is 9.00. The van der Waals surface area contributed by atoms with E-state index in [1.165, 1.54) is 13.8 Å². The number of rotatable bonds is 6. The fourth-order valence-corrected chi connectivity index (χ4v) is 2.92. The lowest BCUT2D eigenvalue weighted by Crippen LogP contribution is -2.30. The maximum atomic E-state index is 12.6. The molecule has 0 spiro atoms. The van der Waals surface area contributed by atoms with Crippen LogP contribution < -0.4 is 10.1 Å². The molecule has 0 bridgehead atoms. The van der Waals surface area contributed by atoms with Gasteiger partial charge in [0, 0.05) is 16.5 Å². The van der Waals surface area contributed by atoms with E-state index in [2.05, 4.69) is 5.32 Å². The zero-order valence-corrected chi connectivity index (χ0v) is 16.6. The van der Waals surface area contributed by atoms with Crippen molar-refractivity contribution in [3.8, 4) is 5.75 Å². The summed E-state index contributed by atoms with van der Waals surface area (Å²) < 4.78 is 16.1. The molecule has 2 aromatic carbocycles. The summed E-state index contributed by atoms with van der Waals surface area (Å²) in [5.74, 6) is -0.822. The summed E-state index contributed by atoms with van der Waals surface area (Å²) in [5.41, 5.74) is 1.85. The Kier molecular flexibility index (Phi) is 5.68. The minimum absolute atomic E-state index is 0.0250. The third-order valence-corrected chi connectivity index (χ3v) is 4.55. The van der Waals surface area contributed by atoms with Crippen LogP contribution in [0.5, 0.6) is 5.75 Å². The first-order chi connectivity index (χ1) is 13.8. The molecule has 0 unspecified atom stereocenters. The van der Waals surface area contributed by atoms with Crippen molar-refractivity contribution < 1.29 is 28.3 Å². The molecule has 0 saturated heterocycles. The second-order valence-electron chi connectivity index (χ2n) is 6.56. The van der Waals surface area contributed by atoms with E-state index in [4.69, 9.17) is 13.9 Å². The van der Waals surface area contributed by atoms with Crippen LogP contribution in [-0.2, 0) is 9.53 Å². The van der Waals surface area contributed by atoms with Crippen LogP contribution in [0.25, 0.3) is 11.0 Å². The van der Waals surface area contributed by atoms with Gasteiger partial charge < -0.3 is 19.2 Å². The van der Waals surface area contributed by atoms with E-state index in [1.54, 1.807) is 56.5 Å². The fraction of sp³-hybridized carbons (Fsp3) is 0.227. The number of anilines is 1. The van der Waals surface area contributed by atoms with E-state index in [1.807, 2.05) is 0 Å². The lowest BCUT2D eigenvalue weighted by atomic mass is 10.1. The summed E-state index contributed by atoms with van der Waals surface area (Å²) in [6.07, 6.45) is -1.09. The van der Waals surface area contributed by atoms with Crippen LogP contribution in [-0.4, -0.2) is 30.9 Å². The highest BCUT2D eigenvalue weighted by Gasteiger charge is 2.25. The van der Waals surface area contributed by atoms with E-state index < -0.39 is 18.0 Å².